The summed E-state index contributed by atoms with van der Waals surface area (Å²) < 4.78 is 4.98. The molecule has 1 N–H and O–H groups in total. The molecule has 0 aliphatic carbocycles. The Morgan fingerprint density at radius 3 is 2.73 bits per heavy atom. The second-order valence-electron chi connectivity index (χ2n) is 4.50. The molecule has 0 amide bonds. The molecular weight excluding hydrogens is 190 g/mol. The van der Waals surface area contributed by atoms with Gasteiger partial charge in [-0.3, -0.25) is 0 Å². The quantitative estimate of drug-likeness (QED) is 0.816. The number of hydrogen-bond donors (Lipinski definition) is 1. The maximum atomic E-state index is 4.98. The Labute approximate surface area is 91.1 Å². The predicted octanol–water partition coefficient (Wildman–Crippen LogP) is 1.51. The lowest BCUT2D eigenvalue weighted by molar-refractivity contribution is 0.177. The van der Waals surface area contributed by atoms with E-state index >= 15 is 0 Å². The van der Waals surface area contributed by atoms with Crippen LogP contribution in [0.25, 0.3) is 0 Å². The van der Waals surface area contributed by atoms with Gasteiger partial charge in [-0.2, -0.15) is 0 Å². The second-order valence-corrected chi connectivity index (χ2v) is 4.50. The highest BCUT2D eigenvalue weighted by molar-refractivity contribution is 5.02. The van der Waals surface area contributed by atoms with Crippen LogP contribution < -0.4 is 5.32 Å². The molecule has 0 bridgehead atoms. The van der Waals surface area contributed by atoms with E-state index in [1.54, 1.807) is 13.3 Å². The topological polar surface area (TPSA) is 47.0 Å². The van der Waals surface area contributed by atoms with Crippen LogP contribution in [0.2, 0.25) is 0 Å². The number of nitrogens with zero attached hydrogens (tertiary/aromatic N) is 2. The van der Waals surface area contributed by atoms with E-state index in [9.17, 15) is 0 Å². The van der Waals surface area contributed by atoms with Gasteiger partial charge in [0, 0.05) is 25.4 Å². The highest BCUT2D eigenvalue weighted by atomic mass is 16.5. The molecule has 1 aromatic heterocycles. The molecule has 0 fully saturated rings. The highest BCUT2D eigenvalue weighted by Crippen LogP contribution is 2.02. The zero-order chi connectivity index (χ0) is 11.3. The van der Waals surface area contributed by atoms with Gasteiger partial charge in [0.2, 0.25) is 0 Å². The van der Waals surface area contributed by atoms with Crippen LogP contribution in [0.4, 0.5) is 0 Å². The van der Waals surface area contributed by atoms with E-state index in [4.69, 9.17) is 4.74 Å². The van der Waals surface area contributed by atoms with Crippen molar-refractivity contribution < 1.29 is 4.74 Å². The van der Waals surface area contributed by atoms with Crippen LogP contribution in [-0.4, -0.2) is 22.6 Å². The minimum atomic E-state index is 0.104. The third-order valence-electron chi connectivity index (χ3n) is 1.84. The third kappa shape index (κ3) is 4.85. The van der Waals surface area contributed by atoms with E-state index < -0.39 is 0 Å². The van der Waals surface area contributed by atoms with Gasteiger partial charge in [-0.25, -0.2) is 9.97 Å². The van der Waals surface area contributed by atoms with Gasteiger partial charge in [0.15, 0.2) is 5.82 Å². The zero-order valence-electron chi connectivity index (χ0n) is 9.87. The molecule has 0 unspecified atom stereocenters. The van der Waals surface area contributed by atoms with E-state index in [1.165, 1.54) is 0 Å². The van der Waals surface area contributed by atoms with Crippen LogP contribution in [0.3, 0.4) is 0 Å². The first-order valence-electron chi connectivity index (χ1n) is 5.06. The number of aromatic nitrogens is 2. The summed E-state index contributed by atoms with van der Waals surface area (Å²) in [5.74, 6) is 0.728. The number of methoxy groups -OCH3 is 1. The van der Waals surface area contributed by atoms with Crippen molar-refractivity contribution in [2.75, 3.05) is 7.11 Å². The van der Waals surface area contributed by atoms with Crippen molar-refractivity contribution >= 4 is 0 Å². The van der Waals surface area contributed by atoms with Gasteiger partial charge in [0.25, 0.3) is 0 Å². The van der Waals surface area contributed by atoms with Crippen molar-refractivity contribution in [2.45, 2.75) is 39.5 Å². The monoisotopic (exact) mass is 209 g/mol. The molecule has 0 saturated carbocycles. The van der Waals surface area contributed by atoms with E-state index in [0.717, 1.165) is 18.1 Å². The lowest BCUT2D eigenvalue weighted by atomic mass is 10.1. The van der Waals surface area contributed by atoms with E-state index in [0.29, 0.717) is 6.61 Å². The smallest absolute Gasteiger partial charge is 0.154 e. The summed E-state index contributed by atoms with van der Waals surface area (Å²) in [6, 6.07) is 1.91. The first kappa shape index (κ1) is 12.1. The molecule has 0 radical (unpaired) electrons. The number of nitrogens with one attached hydrogen (secondary N) is 1. The maximum absolute atomic E-state index is 4.98. The van der Waals surface area contributed by atoms with Gasteiger partial charge in [0.1, 0.15) is 6.61 Å². The molecule has 0 aliphatic heterocycles. The van der Waals surface area contributed by atoms with E-state index in [2.05, 4.69) is 36.1 Å². The van der Waals surface area contributed by atoms with E-state index in [1.807, 2.05) is 6.07 Å². The largest absolute Gasteiger partial charge is 0.377 e. The SMILES string of the molecule is COCc1nccc(CNC(C)(C)C)n1. The molecule has 4 nitrogen and oxygen atoms in total. The van der Waals surface area contributed by atoms with Gasteiger partial charge in [0.05, 0.1) is 5.69 Å². The summed E-state index contributed by atoms with van der Waals surface area (Å²) in [5.41, 5.74) is 1.10. The molecular formula is C11H19N3O. The van der Waals surface area contributed by atoms with Crippen LogP contribution in [0, 0.1) is 0 Å². The molecule has 1 rings (SSSR count). The molecule has 0 saturated heterocycles. The number of hydrogen-bond acceptors (Lipinski definition) is 4. The molecule has 0 atom stereocenters. The van der Waals surface area contributed by atoms with Crippen molar-refractivity contribution in [3.8, 4) is 0 Å². The summed E-state index contributed by atoms with van der Waals surface area (Å²) >= 11 is 0. The Kier molecular flexibility index (Phi) is 4.17. The highest BCUT2D eigenvalue weighted by Gasteiger charge is 2.09. The summed E-state index contributed by atoms with van der Waals surface area (Å²) in [6.45, 7) is 7.60. The van der Waals surface area contributed by atoms with Gasteiger partial charge in [-0.1, -0.05) is 0 Å². The minimum Gasteiger partial charge on any atom is -0.377 e. The van der Waals surface area contributed by atoms with Crippen molar-refractivity contribution in [2.24, 2.45) is 0 Å². The summed E-state index contributed by atoms with van der Waals surface area (Å²) in [6.07, 6.45) is 1.76. The normalized spacial score (nSPS) is 11.7. The Balaban J connectivity index is 2.57. The molecule has 84 valence electrons. The average Bonchev–Trinajstić information content (AvgIpc) is 2.15. The Morgan fingerprint density at radius 1 is 1.40 bits per heavy atom. The van der Waals surface area contributed by atoms with Crippen molar-refractivity contribution in [3.63, 3.8) is 0 Å². The lowest BCUT2D eigenvalue weighted by Gasteiger charge is -2.20. The Morgan fingerprint density at radius 2 is 2.13 bits per heavy atom. The fourth-order valence-electron chi connectivity index (χ4n) is 1.09. The van der Waals surface area contributed by atoms with Gasteiger partial charge >= 0.3 is 0 Å². The number of rotatable bonds is 4. The minimum absolute atomic E-state index is 0.104. The Bertz CT molecular complexity index is 307. The van der Waals surface area contributed by atoms with Gasteiger partial charge < -0.3 is 10.1 Å². The van der Waals surface area contributed by atoms with Crippen LogP contribution in [-0.2, 0) is 17.9 Å². The molecule has 0 spiro atoms. The molecule has 0 aromatic carbocycles. The third-order valence-corrected chi connectivity index (χ3v) is 1.84. The van der Waals surface area contributed by atoms with Crippen LogP contribution in [0.5, 0.6) is 0 Å². The maximum Gasteiger partial charge on any atom is 0.154 e. The molecule has 0 aliphatic rings. The first-order chi connectivity index (χ1) is 7.01. The zero-order valence-corrected chi connectivity index (χ0v) is 9.87. The van der Waals surface area contributed by atoms with Crippen molar-refractivity contribution in [3.05, 3.63) is 23.8 Å². The van der Waals surface area contributed by atoms with Crippen LogP contribution in [0.15, 0.2) is 12.3 Å². The fraction of sp³-hybridized carbons (Fsp3) is 0.636. The van der Waals surface area contributed by atoms with Crippen molar-refractivity contribution in [1.82, 2.24) is 15.3 Å². The van der Waals surface area contributed by atoms with Gasteiger partial charge in [-0.05, 0) is 26.8 Å². The fourth-order valence-corrected chi connectivity index (χ4v) is 1.09. The molecule has 4 heteroatoms. The summed E-state index contributed by atoms with van der Waals surface area (Å²) in [5, 5.41) is 3.38. The van der Waals surface area contributed by atoms with Gasteiger partial charge in [-0.15, -0.1) is 0 Å². The van der Waals surface area contributed by atoms with E-state index in [-0.39, 0.29) is 5.54 Å². The molecule has 1 aromatic rings. The standard InChI is InChI=1S/C11H19N3O/c1-11(2,3)13-7-9-5-6-12-10(14-9)8-15-4/h5-6,13H,7-8H2,1-4H3. The first-order valence-corrected chi connectivity index (χ1v) is 5.06. The van der Waals surface area contributed by atoms with Crippen LogP contribution >= 0.6 is 0 Å². The average molecular weight is 209 g/mol. The van der Waals surface area contributed by atoms with Crippen molar-refractivity contribution in [1.29, 1.82) is 0 Å². The second kappa shape index (κ2) is 5.19. The number of ether oxygens (including phenoxy) is 1. The van der Waals surface area contributed by atoms with Crippen LogP contribution in [0.1, 0.15) is 32.3 Å². The Hall–Kier alpha value is -1.00. The molecule has 1 heterocycles. The summed E-state index contributed by atoms with van der Waals surface area (Å²) in [4.78, 5) is 8.48. The lowest BCUT2D eigenvalue weighted by Crippen LogP contribution is -2.35. The summed E-state index contributed by atoms with van der Waals surface area (Å²) in [7, 11) is 1.64. The molecule has 15 heavy (non-hydrogen) atoms. The predicted molar refractivity (Wildman–Crippen MR) is 59.3 cm³/mol.